The maximum absolute atomic E-state index is 9.22. The minimum atomic E-state index is -0.828. The summed E-state index contributed by atoms with van der Waals surface area (Å²) in [6.45, 7) is -0.562. The second kappa shape index (κ2) is 14.8. The lowest BCUT2D eigenvalue weighted by atomic mass is 10.2. The fraction of sp³-hybridized carbons (Fsp3) is 0.400. The smallest absolute Gasteiger partial charge is 0.0929 e. The number of thioether (sulfide) groups is 2. The quantitative estimate of drug-likeness (QED) is 0.309. The predicted molar refractivity (Wildman–Crippen MR) is 116 cm³/mol. The molecule has 28 heavy (non-hydrogen) atoms. The summed E-state index contributed by atoms with van der Waals surface area (Å²) in [5, 5.41) is 35.8. The third-order valence-corrected chi connectivity index (χ3v) is 6.05. The van der Waals surface area contributed by atoms with Crippen LogP contribution in [0.25, 0.3) is 0 Å². The first kappa shape index (κ1) is 24.9. The van der Waals surface area contributed by atoms with Gasteiger partial charge in [-0.25, -0.2) is 0 Å². The first-order valence-electron chi connectivity index (χ1n) is 8.92. The minimum Gasteiger partial charge on any atom is -0.394 e. The van der Waals surface area contributed by atoms with Gasteiger partial charge in [-0.05, 0) is 24.3 Å². The number of nitrogens with two attached hydrogens (primary N) is 2. The Morgan fingerprint density at radius 3 is 1.25 bits per heavy atom. The van der Waals surface area contributed by atoms with E-state index >= 15 is 0 Å². The molecule has 0 radical (unpaired) electrons. The molecule has 0 amide bonds. The zero-order valence-corrected chi connectivity index (χ0v) is 17.3. The van der Waals surface area contributed by atoms with Crippen LogP contribution in [-0.4, -0.2) is 69.4 Å². The van der Waals surface area contributed by atoms with E-state index in [0.717, 1.165) is 9.79 Å². The van der Waals surface area contributed by atoms with Crippen LogP contribution in [0.2, 0.25) is 0 Å². The van der Waals surface area contributed by atoms with E-state index in [1.54, 1.807) is 23.5 Å². The fourth-order valence-electron chi connectivity index (χ4n) is 1.91. The summed E-state index contributed by atoms with van der Waals surface area (Å²) in [4.78, 5) is 2.24. The zero-order chi connectivity index (χ0) is 20.8. The lowest BCUT2D eigenvalue weighted by molar-refractivity contribution is 0.0800. The summed E-state index contributed by atoms with van der Waals surface area (Å²) in [5.74, 6) is 1.21. The first-order valence-corrected chi connectivity index (χ1v) is 10.9. The van der Waals surface area contributed by atoms with Crippen molar-refractivity contribution in [2.75, 3.05) is 24.7 Å². The molecule has 8 N–H and O–H groups in total. The lowest BCUT2D eigenvalue weighted by Crippen LogP contribution is -2.39. The molecular formula is C20H30N2O4S2. The average Bonchev–Trinajstić information content (AvgIpc) is 2.76. The Morgan fingerprint density at radius 1 is 0.643 bits per heavy atom. The molecule has 0 fully saturated rings. The van der Waals surface area contributed by atoms with Gasteiger partial charge in [0.2, 0.25) is 0 Å². The molecule has 0 aliphatic rings. The van der Waals surface area contributed by atoms with Crippen molar-refractivity contribution in [3.05, 3.63) is 60.7 Å². The van der Waals surface area contributed by atoms with E-state index in [0.29, 0.717) is 11.5 Å². The number of aliphatic hydroxyl groups is 4. The second-order valence-corrected chi connectivity index (χ2v) is 8.26. The summed E-state index contributed by atoms with van der Waals surface area (Å²) >= 11 is 3.15. The van der Waals surface area contributed by atoms with Crippen molar-refractivity contribution >= 4 is 23.5 Å². The molecule has 0 bridgehead atoms. The van der Waals surface area contributed by atoms with Crippen LogP contribution in [-0.2, 0) is 0 Å². The molecule has 0 saturated carbocycles. The molecule has 8 heteroatoms. The highest BCUT2D eigenvalue weighted by atomic mass is 32.2. The van der Waals surface area contributed by atoms with Gasteiger partial charge in [0.25, 0.3) is 0 Å². The standard InChI is InChI=1S/2C10H15NO2S/c2*11-9(10(13)6-12)7-14-8-4-2-1-3-5-8/h2*1-5,9-10,12-13H,6-7,11H2/t9-,10+;9-,10-/m00/s1. The highest BCUT2D eigenvalue weighted by molar-refractivity contribution is 7.99. The van der Waals surface area contributed by atoms with Gasteiger partial charge in [0, 0.05) is 33.4 Å². The number of hydrogen-bond donors (Lipinski definition) is 6. The van der Waals surface area contributed by atoms with Gasteiger partial charge in [-0.15, -0.1) is 23.5 Å². The summed E-state index contributed by atoms with van der Waals surface area (Å²) in [6, 6.07) is 18.9. The van der Waals surface area contributed by atoms with Crippen molar-refractivity contribution in [2.24, 2.45) is 11.5 Å². The molecule has 0 aliphatic carbocycles. The Balaban J connectivity index is 0.000000280. The molecule has 156 valence electrons. The maximum atomic E-state index is 9.22. The minimum absolute atomic E-state index is 0.281. The third-order valence-electron chi connectivity index (χ3n) is 3.73. The van der Waals surface area contributed by atoms with Gasteiger partial charge < -0.3 is 31.9 Å². The van der Waals surface area contributed by atoms with Crippen LogP contribution < -0.4 is 11.5 Å². The monoisotopic (exact) mass is 426 g/mol. The second-order valence-electron chi connectivity index (χ2n) is 6.08. The van der Waals surface area contributed by atoms with Gasteiger partial charge in [-0.3, -0.25) is 0 Å². The Morgan fingerprint density at radius 2 is 0.964 bits per heavy atom. The van der Waals surface area contributed by atoms with E-state index in [1.165, 1.54) is 0 Å². The van der Waals surface area contributed by atoms with E-state index in [1.807, 2.05) is 60.7 Å². The summed E-state index contributed by atoms with van der Waals surface area (Å²) < 4.78 is 0. The van der Waals surface area contributed by atoms with Crippen LogP contribution >= 0.6 is 23.5 Å². The van der Waals surface area contributed by atoms with E-state index in [-0.39, 0.29) is 25.3 Å². The van der Waals surface area contributed by atoms with E-state index in [9.17, 15) is 10.2 Å². The van der Waals surface area contributed by atoms with Crippen molar-refractivity contribution in [3.63, 3.8) is 0 Å². The van der Waals surface area contributed by atoms with Crippen molar-refractivity contribution < 1.29 is 20.4 Å². The largest absolute Gasteiger partial charge is 0.394 e. The Bertz CT molecular complexity index is 567. The van der Waals surface area contributed by atoms with Gasteiger partial charge in [-0.2, -0.15) is 0 Å². The van der Waals surface area contributed by atoms with Crippen LogP contribution in [0, 0.1) is 0 Å². The molecule has 0 spiro atoms. The number of aliphatic hydroxyl groups excluding tert-OH is 4. The van der Waals surface area contributed by atoms with Crippen LogP contribution in [0.4, 0.5) is 0 Å². The van der Waals surface area contributed by atoms with Gasteiger partial charge in [-0.1, -0.05) is 36.4 Å². The Labute approximate surface area is 175 Å². The van der Waals surface area contributed by atoms with Gasteiger partial charge in [0.15, 0.2) is 0 Å². The van der Waals surface area contributed by atoms with E-state index in [2.05, 4.69) is 0 Å². The summed E-state index contributed by atoms with van der Waals surface area (Å²) in [6.07, 6.45) is -1.66. The van der Waals surface area contributed by atoms with Crippen molar-refractivity contribution in [1.29, 1.82) is 0 Å². The molecule has 0 aromatic heterocycles. The van der Waals surface area contributed by atoms with Gasteiger partial charge in [0.05, 0.1) is 25.4 Å². The van der Waals surface area contributed by atoms with Crippen LogP contribution in [0.15, 0.2) is 70.5 Å². The predicted octanol–water partition coefficient (Wildman–Crippen LogP) is 0.918. The number of hydrogen-bond acceptors (Lipinski definition) is 8. The molecule has 0 saturated heterocycles. The molecule has 2 aromatic carbocycles. The number of benzene rings is 2. The van der Waals surface area contributed by atoms with Gasteiger partial charge in [0.1, 0.15) is 0 Å². The maximum Gasteiger partial charge on any atom is 0.0929 e. The molecule has 0 heterocycles. The van der Waals surface area contributed by atoms with Crippen molar-refractivity contribution in [2.45, 2.75) is 34.1 Å². The zero-order valence-electron chi connectivity index (χ0n) is 15.7. The van der Waals surface area contributed by atoms with Crippen molar-refractivity contribution in [1.82, 2.24) is 0 Å². The normalized spacial score (nSPS) is 15.1. The molecular weight excluding hydrogens is 396 g/mol. The Kier molecular flexibility index (Phi) is 13.2. The third kappa shape index (κ3) is 10.4. The number of rotatable bonds is 10. The van der Waals surface area contributed by atoms with E-state index in [4.69, 9.17) is 21.7 Å². The first-order chi connectivity index (χ1) is 13.5. The summed E-state index contributed by atoms with van der Waals surface area (Å²) in [7, 11) is 0. The van der Waals surface area contributed by atoms with Gasteiger partial charge >= 0.3 is 0 Å². The lowest BCUT2D eigenvalue weighted by Gasteiger charge is -2.15. The van der Waals surface area contributed by atoms with Crippen LogP contribution in [0.1, 0.15) is 0 Å². The topological polar surface area (TPSA) is 133 Å². The van der Waals surface area contributed by atoms with Crippen molar-refractivity contribution in [3.8, 4) is 0 Å². The highest BCUT2D eigenvalue weighted by Gasteiger charge is 2.14. The van der Waals surface area contributed by atoms with E-state index < -0.39 is 12.2 Å². The molecule has 2 aromatic rings. The highest BCUT2D eigenvalue weighted by Crippen LogP contribution is 2.18. The molecule has 0 unspecified atom stereocenters. The van der Waals surface area contributed by atoms with Crippen LogP contribution in [0.3, 0.4) is 0 Å². The molecule has 4 atom stereocenters. The average molecular weight is 427 g/mol. The molecule has 2 rings (SSSR count). The molecule has 0 aliphatic heterocycles. The summed E-state index contributed by atoms with van der Waals surface area (Å²) in [5.41, 5.74) is 11.3. The SMILES string of the molecule is N[C@@H](CSc1ccccc1)[C@@H](O)CO.N[C@@H](CSc1ccccc1)[C@H](O)CO. The van der Waals surface area contributed by atoms with Crippen LogP contribution in [0.5, 0.6) is 0 Å². The Hall–Kier alpha value is -1.10. The fourth-order valence-corrected chi connectivity index (χ4v) is 3.82. The molecule has 6 nitrogen and oxygen atoms in total.